The molecule has 0 heterocycles. The summed E-state index contributed by atoms with van der Waals surface area (Å²) in [4.78, 5) is 26.2. The number of hydrogen-bond acceptors (Lipinski definition) is 4. The molecule has 0 saturated heterocycles. The smallest absolute Gasteiger partial charge is 0.410 e. The molecule has 5 nitrogen and oxygen atoms in total. The van der Waals surface area contributed by atoms with E-state index in [0.717, 1.165) is 18.4 Å². The maximum Gasteiger partial charge on any atom is 0.410 e. The van der Waals surface area contributed by atoms with Crippen LogP contribution in [0.25, 0.3) is 0 Å². The topological polar surface area (TPSA) is 55.8 Å². The summed E-state index contributed by atoms with van der Waals surface area (Å²) in [6, 6.07) is 8.97. The fraction of sp³-hybridized carbons (Fsp3) is 0.556. The van der Waals surface area contributed by atoms with Crippen LogP contribution in [0, 0.1) is 0 Å². The highest BCUT2D eigenvalue weighted by molar-refractivity contribution is 5.81. The van der Waals surface area contributed by atoms with Crippen LogP contribution in [0.1, 0.15) is 39.2 Å². The van der Waals surface area contributed by atoms with E-state index in [2.05, 4.69) is 0 Å². The molecule has 1 atom stereocenters. The Labute approximate surface area is 138 Å². The molecule has 0 radical (unpaired) electrons. The van der Waals surface area contributed by atoms with Crippen LogP contribution in [-0.2, 0) is 20.7 Å². The maximum absolute atomic E-state index is 12.4. The van der Waals surface area contributed by atoms with Gasteiger partial charge in [-0.3, -0.25) is 4.90 Å². The van der Waals surface area contributed by atoms with E-state index in [-0.39, 0.29) is 19.2 Å². The van der Waals surface area contributed by atoms with Gasteiger partial charge in [-0.1, -0.05) is 43.7 Å². The van der Waals surface area contributed by atoms with E-state index in [1.807, 2.05) is 37.3 Å². The summed E-state index contributed by atoms with van der Waals surface area (Å²) in [5, 5.41) is 0. The third-order valence-electron chi connectivity index (χ3n) is 3.46. The second-order valence-corrected chi connectivity index (χ2v) is 5.20. The van der Waals surface area contributed by atoms with Crippen molar-refractivity contribution in [3.05, 3.63) is 35.9 Å². The third-order valence-corrected chi connectivity index (χ3v) is 3.46. The zero-order valence-corrected chi connectivity index (χ0v) is 14.3. The van der Waals surface area contributed by atoms with Crippen LogP contribution >= 0.6 is 0 Å². The average Bonchev–Trinajstić information content (AvgIpc) is 2.55. The number of amides is 1. The summed E-state index contributed by atoms with van der Waals surface area (Å²) in [6.07, 6.45) is 1.69. The highest BCUT2D eigenvalue weighted by atomic mass is 16.6. The molecule has 1 amide bonds. The lowest BCUT2D eigenvalue weighted by molar-refractivity contribution is -0.149. The molecular weight excluding hydrogens is 294 g/mol. The number of carbonyl (C=O) groups excluding carboxylic acids is 2. The zero-order chi connectivity index (χ0) is 17.1. The van der Waals surface area contributed by atoms with Crippen LogP contribution in [0.2, 0.25) is 0 Å². The number of nitrogens with zero attached hydrogens (tertiary/aromatic N) is 1. The predicted molar refractivity (Wildman–Crippen MR) is 89.2 cm³/mol. The molecule has 128 valence electrons. The summed E-state index contributed by atoms with van der Waals surface area (Å²) in [7, 11) is 0. The first-order valence-corrected chi connectivity index (χ1v) is 8.27. The van der Waals surface area contributed by atoms with Crippen molar-refractivity contribution >= 4 is 12.1 Å². The van der Waals surface area contributed by atoms with Crippen LogP contribution in [0.3, 0.4) is 0 Å². The Morgan fingerprint density at radius 3 is 2.26 bits per heavy atom. The molecular formula is C18H27NO4. The Balaban J connectivity index is 3.00. The standard InChI is InChI=1S/C18H27NO4/c1-4-7-13-19(18(21)23-6-3)16(17(20)22-5-2)14-15-11-9-8-10-12-15/h8-12,16H,4-7,13-14H2,1-3H3. The molecule has 23 heavy (non-hydrogen) atoms. The molecule has 0 bridgehead atoms. The Kier molecular flexibility index (Phi) is 8.80. The van der Waals surface area contributed by atoms with Crippen molar-refractivity contribution in [2.24, 2.45) is 0 Å². The van der Waals surface area contributed by atoms with Gasteiger partial charge in [0.25, 0.3) is 0 Å². The lowest BCUT2D eigenvalue weighted by atomic mass is 10.0. The number of benzene rings is 1. The third kappa shape index (κ3) is 6.30. The van der Waals surface area contributed by atoms with E-state index in [1.165, 1.54) is 4.90 Å². The van der Waals surface area contributed by atoms with Crippen molar-refractivity contribution in [2.45, 2.75) is 46.1 Å². The Morgan fingerprint density at radius 2 is 1.70 bits per heavy atom. The second-order valence-electron chi connectivity index (χ2n) is 5.20. The summed E-state index contributed by atoms with van der Waals surface area (Å²) >= 11 is 0. The fourth-order valence-corrected chi connectivity index (χ4v) is 2.31. The van der Waals surface area contributed by atoms with Gasteiger partial charge in [-0.05, 0) is 25.8 Å². The van der Waals surface area contributed by atoms with Gasteiger partial charge in [-0.25, -0.2) is 9.59 Å². The summed E-state index contributed by atoms with van der Waals surface area (Å²) in [5.41, 5.74) is 0.983. The highest BCUT2D eigenvalue weighted by Gasteiger charge is 2.31. The first-order valence-electron chi connectivity index (χ1n) is 8.27. The minimum atomic E-state index is -0.664. The van der Waals surface area contributed by atoms with Crippen molar-refractivity contribution in [1.29, 1.82) is 0 Å². The van der Waals surface area contributed by atoms with Crippen LogP contribution < -0.4 is 0 Å². The van der Waals surface area contributed by atoms with Gasteiger partial charge in [0, 0.05) is 13.0 Å². The first kappa shape index (κ1) is 19.0. The molecule has 0 N–H and O–H groups in total. The van der Waals surface area contributed by atoms with Crippen molar-refractivity contribution in [1.82, 2.24) is 4.90 Å². The molecule has 1 aromatic rings. The lowest BCUT2D eigenvalue weighted by Crippen LogP contribution is -2.48. The Bertz CT molecular complexity index is 475. The Morgan fingerprint density at radius 1 is 1.04 bits per heavy atom. The van der Waals surface area contributed by atoms with Gasteiger partial charge in [-0.2, -0.15) is 0 Å². The van der Waals surface area contributed by atoms with Gasteiger partial charge >= 0.3 is 12.1 Å². The number of ether oxygens (including phenoxy) is 2. The number of rotatable bonds is 9. The van der Waals surface area contributed by atoms with E-state index in [9.17, 15) is 9.59 Å². The highest BCUT2D eigenvalue weighted by Crippen LogP contribution is 2.14. The molecule has 0 aliphatic heterocycles. The van der Waals surface area contributed by atoms with Gasteiger partial charge in [-0.15, -0.1) is 0 Å². The van der Waals surface area contributed by atoms with E-state index in [1.54, 1.807) is 13.8 Å². The summed E-state index contributed by atoms with van der Waals surface area (Å²) in [6.45, 7) is 6.60. The van der Waals surface area contributed by atoms with Gasteiger partial charge in [0.1, 0.15) is 6.04 Å². The van der Waals surface area contributed by atoms with Gasteiger partial charge in [0.2, 0.25) is 0 Å². The van der Waals surface area contributed by atoms with Gasteiger partial charge in [0.15, 0.2) is 0 Å². The molecule has 5 heteroatoms. The SMILES string of the molecule is CCCCN(C(=O)OCC)C(Cc1ccccc1)C(=O)OCC. The number of unbranched alkanes of at least 4 members (excludes halogenated alkanes) is 1. The fourth-order valence-electron chi connectivity index (χ4n) is 2.31. The molecule has 0 saturated carbocycles. The van der Waals surface area contributed by atoms with E-state index in [4.69, 9.17) is 9.47 Å². The Hall–Kier alpha value is -2.04. The van der Waals surface area contributed by atoms with Gasteiger partial charge in [0.05, 0.1) is 13.2 Å². The van der Waals surface area contributed by atoms with Crippen molar-refractivity contribution < 1.29 is 19.1 Å². The minimum absolute atomic E-state index is 0.280. The van der Waals surface area contributed by atoms with E-state index >= 15 is 0 Å². The van der Waals surface area contributed by atoms with Crippen molar-refractivity contribution in [2.75, 3.05) is 19.8 Å². The van der Waals surface area contributed by atoms with Crippen LogP contribution in [0.5, 0.6) is 0 Å². The van der Waals surface area contributed by atoms with Crippen LogP contribution in [0.15, 0.2) is 30.3 Å². The summed E-state index contributed by atoms with van der Waals surface area (Å²) < 4.78 is 10.3. The monoisotopic (exact) mass is 321 g/mol. The van der Waals surface area contributed by atoms with Gasteiger partial charge < -0.3 is 9.47 Å². The molecule has 0 spiro atoms. The van der Waals surface area contributed by atoms with Crippen molar-refractivity contribution in [3.8, 4) is 0 Å². The number of carbonyl (C=O) groups is 2. The molecule has 1 aromatic carbocycles. The number of esters is 1. The maximum atomic E-state index is 12.4. The largest absolute Gasteiger partial charge is 0.464 e. The molecule has 0 aliphatic rings. The molecule has 0 fully saturated rings. The predicted octanol–water partition coefficient (Wildman–Crippen LogP) is 3.42. The lowest BCUT2D eigenvalue weighted by Gasteiger charge is -2.29. The molecule has 0 aliphatic carbocycles. The average molecular weight is 321 g/mol. The molecule has 1 unspecified atom stereocenters. The minimum Gasteiger partial charge on any atom is -0.464 e. The molecule has 0 aromatic heterocycles. The first-order chi connectivity index (χ1) is 11.1. The summed E-state index contributed by atoms with van der Waals surface area (Å²) in [5.74, 6) is -0.388. The van der Waals surface area contributed by atoms with Crippen molar-refractivity contribution in [3.63, 3.8) is 0 Å². The quantitative estimate of drug-likeness (QED) is 0.654. The number of hydrogen-bond donors (Lipinski definition) is 0. The van der Waals surface area contributed by atoms with E-state index < -0.39 is 12.1 Å². The zero-order valence-electron chi connectivity index (χ0n) is 14.3. The van der Waals surface area contributed by atoms with Crippen LogP contribution in [0.4, 0.5) is 4.79 Å². The second kappa shape index (κ2) is 10.6. The van der Waals surface area contributed by atoms with E-state index in [0.29, 0.717) is 13.0 Å². The van der Waals surface area contributed by atoms with Crippen LogP contribution in [-0.4, -0.2) is 42.8 Å². The molecule has 1 rings (SSSR count). The normalized spacial score (nSPS) is 11.6.